The molecule has 0 spiro atoms. The maximum absolute atomic E-state index is 13.8. The van der Waals surface area contributed by atoms with Gasteiger partial charge in [0.1, 0.15) is 17.3 Å². The molecule has 3 aromatic rings. The molecule has 0 unspecified atom stereocenters. The van der Waals surface area contributed by atoms with Gasteiger partial charge in [-0.15, -0.1) is 0 Å². The van der Waals surface area contributed by atoms with E-state index in [0.29, 0.717) is 0 Å². The molecular weight excluding hydrogens is 440 g/mol. The Balaban J connectivity index is 1.86. The van der Waals surface area contributed by atoms with E-state index in [2.05, 4.69) is 5.32 Å². The monoisotopic (exact) mass is 456 g/mol. The molecular formula is C24H16F4N2O3. The van der Waals surface area contributed by atoms with Crippen molar-refractivity contribution in [3.8, 4) is 5.75 Å². The lowest BCUT2D eigenvalue weighted by molar-refractivity contribution is -0.137. The van der Waals surface area contributed by atoms with E-state index in [4.69, 9.17) is 4.74 Å². The zero-order valence-electron chi connectivity index (χ0n) is 17.1. The van der Waals surface area contributed by atoms with E-state index in [9.17, 15) is 27.2 Å². The van der Waals surface area contributed by atoms with E-state index in [1.165, 1.54) is 31.4 Å². The number of carbonyl (C=O) groups is 2. The molecule has 1 aliphatic rings. The molecule has 0 radical (unpaired) electrons. The second kappa shape index (κ2) is 8.42. The summed E-state index contributed by atoms with van der Waals surface area (Å²) in [5.41, 5.74) is -1.10. The summed E-state index contributed by atoms with van der Waals surface area (Å²) in [6.07, 6.45) is -4.60. The van der Waals surface area contributed by atoms with Crippen LogP contribution in [-0.4, -0.2) is 18.9 Å². The molecule has 5 nitrogen and oxygen atoms in total. The van der Waals surface area contributed by atoms with Crippen molar-refractivity contribution < 1.29 is 31.9 Å². The van der Waals surface area contributed by atoms with Crippen LogP contribution in [0.25, 0.3) is 5.57 Å². The van der Waals surface area contributed by atoms with E-state index in [0.717, 1.165) is 29.2 Å². The summed E-state index contributed by atoms with van der Waals surface area (Å²) in [5.74, 6) is -2.00. The summed E-state index contributed by atoms with van der Waals surface area (Å²) in [7, 11) is 1.38. The van der Waals surface area contributed by atoms with Crippen LogP contribution >= 0.6 is 0 Å². The van der Waals surface area contributed by atoms with Crippen molar-refractivity contribution in [3.63, 3.8) is 0 Å². The number of imide groups is 1. The summed E-state index contributed by atoms with van der Waals surface area (Å²) in [5, 5.41) is 2.67. The van der Waals surface area contributed by atoms with Gasteiger partial charge in [-0.1, -0.05) is 30.3 Å². The van der Waals surface area contributed by atoms with Crippen molar-refractivity contribution in [1.29, 1.82) is 0 Å². The minimum absolute atomic E-state index is 0.0155. The molecule has 168 valence electrons. The van der Waals surface area contributed by atoms with Crippen molar-refractivity contribution in [1.82, 2.24) is 0 Å². The van der Waals surface area contributed by atoms with Gasteiger partial charge >= 0.3 is 6.18 Å². The number of benzene rings is 3. The largest absolute Gasteiger partial charge is 0.496 e. The van der Waals surface area contributed by atoms with Crippen molar-refractivity contribution in [2.24, 2.45) is 0 Å². The van der Waals surface area contributed by atoms with E-state index < -0.39 is 29.4 Å². The lowest BCUT2D eigenvalue weighted by Gasteiger charge is -2.16. The molecule has 9 heteroatoms. The fraction of sp³-hybridized carbons (Fsp3) is 0.0833. The number of anilines is 2. The SMILES string of the molecule is COc1ccccc1C1=C(Nc2cccc(C(F)(F)F)c2)C(=O)N(c2cccc(F)c2)C1=O. The number of amides is 2. The van der Waals surface area contributed by atoms with Crippen LogP contribution in [-0.2, 0) is 15.8 Å². The third-order valence-electron chi connectivity index (χ3n) is 4.99. The van der Waals surface area contributed by atoms with Gasteiger partial charge in [0.05, 0.1) is 23.9 Å². The van der Waals surface area contributed by atoms with Gasteiger partial charge in [-0.3, -0.25) is 9.59 Å². The Kier molecular flexibility index (Phi) is 5.63. The number of alkyl halides is 3. The number of halogens is 4. The zero-order valence-corrected chi connectivity index (χ0v) is 17.1. The van der Waals surface area contributed by atoms with Gasteiger partial charge in [-0.05, 0) is 42.5 Å². The Labute approximate surface area is 185 Å². The maximum atomic E-state index is 13.8. The number of ether oxygens (including phenoxy) is 1. The first-order chi connectivity index (χ1) is 15.7. The van der Waals surface area contributed by atoms with Crippen LogP contribution in [0.1, 0.15) is 11.1 Å². The van der Waals surface area contributed by atoms with E-state index >= 15 is 0 Å². The Hall–Kier alpha value is -4.14. The molecule has 0 aliphatic carbocycles. The molecule has 33 heavy (non-hydrogen) atoms. The fourth-order valence-corrected chi connectivity index (χ4v) is 3.51. The van der Waals surface area contributed by atoms with Crippen molar-refractivity contribution in [3.05, 3.63) is 95.4 Å². The molecule has 2 amide bonds. The highest BCUT2D eigenvalue weighted by Crippen LogP contribution is 2.38. The molecule has 0 aromatic heterocycles. The number of nitrogens with zero attached hydrogens (tertiary/aromatic N) is 1. The van der Waals surface area contributed by atoms with E-state index in [1.54, 1.807) is 24.3 Å². The van der Waals surface area contributed by atoms with Crippen LogP contribution in [0.3, 0.4) is 0 Å². The minimum Gasteiger partial charge on any atom is -0.496 e. The third kappa shape index (κ3) is 4.17. The maximum Gasteiger partial charge on any atom is 0.416 e. The highest BCUT2D eigenvalue weighted by Gasteiger charge is 2.41. The molecule has 0 bridgehead atoms. The molecule has 3 aromatic carbocycles. The molecule has 0 saturated carbocycles. The first-order valence-corrected chi connectivity index (χ1v) is 9.67. The molecule has 1 aliphatic heterocycles. The molecule has 4 rings (SSSR count). The lowest BCUT2D eigenvalue weighted by Crippen LogP contribution is -2.32. The topological polar surface area (TPSA) is 58.6 Å². The second-order valence-electron chi connectivity index (χ2n) is 7.08. The van der Waals surface area contributed by atoms with Gasteiger partial charge in [0, 0.05) is 11.3 Å². The van der Waals surface area contributed by atoms with Gasteiger partial charge < -0.3 is 10.1 Å². The smallest absolute Gasteiger partial charge is 0.416 e. The van der Waals surface area contributed by atoms with Gasteiger partial charge in [0.2, 0.25) is 0 Å². The summed E-state index contributed by atoms with van der Waals surface area (Å²) < 4.78 is 58.6. The Morgan fingerprint density at radius 2 is 1.61 bits per heavy atom. The molecule has 1 N–H and O–H groups in total. The number of nitrogens with one attached hydrogen (secondary N) is 1. The van der Waals surface area contributed by atoms with Crippen LogP contribution in [0.4, 0.5) is 28.9 Å². The third-order valence-corrected chi connectivity index (χ3v) is 4.99. The predicted octanol–water partition coefficient (Wildman–Crippen LogP) is 5.25. The first-order valence-electron chi connectivity index (χ1n) is 9.67. The highest BCUT2D eigenvalue weighted by atomic mass is 19.4. The lowest BCUT2D eigenvalue weighted by atomic mass is 10.0. The number of methoxy groups -OCH3 is 1. The van der Waals surface area contributed by atoms with Gasteiger partial charge in [0.15, 0.2) is 0 Å². The summed E-state index contributed by atoms with van der Waals surface area (Å²) >= 11 is 0. The van der Waals surface area contributed by atoms with Crippen LogP contribution < -0.4 is 15.0 Å². The Morgan fingerprint density at radius 3 is 2.30 bits per heavy atom. The molecule has 0 fully saturated rings. The zero-order chi connectivity index (χ0) is 23.8. The van der Waals surface area contributed by atoms with E-state index in [-0.39, 0.29) is 34.0 Å². The quantitative estimate of drug-likeness (QED) is 0.421. The molecule has 1 heterocycles. The number of para-hydroxylation sites is 1. The standard InChI is InChI=1S/C24H16F4N2O3/c1-33-19-11-3-2-10-18(19)20-21(29-16-8-4-6-14(12-16)24(26,27)28)23(32)30(22(20)31)17-9-5-7-15(25)13-17/h2-13,29H,1H3. The Bertz CT molecular complexity index is 1280. The van der Waals surface area contributed by atoms with Gasteiger partial charge in [-0.25, -0.2) is 9.29 Å². The van der Waals surface area contributed by atoms with Crippen molar-refractivity contribution in [2.45, 2.75) is 6.18 Å². The molecule has 0 saturated heterocycles. The first kappa shape index (κ1) is 22.1. The second-order valence-corrected chi connectivity index (χ2v) is 7.08. The van der Waals surface area contributed by atoms with Crippen molar-refractivity contribution in [2.75, 3.05) is 17.3 Å². The average molecular weight is 456 g/mol. The minimum atomic E-state index is -4.60. The predicted molar refractivity (Wildman–Crippen MR) is 114 cm³/mol. The normalized spacial score (nSPS) is 14.2. The van der Waals surface area contributed by atoms with Gasteiger partial charge in [-0.2, -0.15) is 13.2 Å². The summed E-state index contributed by atoms with van der Waals surface area (Å²) in [4.78, 5) is 27.4. The molecule has 0 atom stereocenters. The highest BCUT2D eigenvalue weighted by molar-refractivity contribution is 6.46. The van der Waals surface area contributed by atoms with E-state index in [1.807, 2.05) is 0 Å². The average Bonchev–Trinajstić information content (AvgIpc) is 3.02. The number of carbonyl (C=O) groups excluding carboxylic acids is 2. The summed E-state index contributed by atoms with van der Waals surface area (Å²) in [6.45, 7) is 0. The summed E-state index contributed by atoms with van der Waals surface area (Å²) in [6, 6.07) is 15.5. The number of hydrogen-bond acceptors (Lipinski definition) is 4. The van der Waals surface area contributed by atoms with Crippen LogP contribution in [0.15, 0.2) is 78.5 Å². The van der Waals surface area contributed by atoms with Gasteiger partial charge in [0.25, 0.3) is 11.8 Å². The van der Waals surface area contributed by atoms with Crippen molar-refractivity contribution >= 4 is 28.8 Å². The fourth-order valence-electron chi connectivity index (χ4n) is 3.51. The Morgan fingerprint density at radius 1 is 0.879 bits per heavy atom. The number of hydrogen-bond donors (Lipinski definition) is 1. The van der Waals surface area contributed by atoms with Crippen LogP contribution in [0.2, 0.25) is 0 Å². The number of rotatable bonds is 5. The van der Waals surface area contributed by atoms with Crippen LogP contribution in [0, 0.1) is 5.82 Å². The van der Waals surface area contributed by atoms with Crippen LogP contribution in [0.5, 0.6) is 5.75 Å².